The maximum absolute atomic E-state index is 13.2. The molecule has 0 unspecified atom stereocenters. The normalized spacial score (nSPS) is 10.9. The van der Waals surface area contributed by atoms with Crippen LogP contribution in [0.25, 0.3) is 22.7 Å². The largest absolute Gasteiger partial charge is 0.444 e. The molecule has 152 valence electrons. The first-order valence-corrected chi connectivity index (χ1v) is 9.53. The lowest BCUT2D eigenvalue weighted by atomic mass is 10.1. The quantitative estimate of drug-likeness (QED) is 0.502. The number of nitrogens with one attached hydrogen (secondary N) is 1. The Morgan fingerprint density at radius 1 is 1.03 bits per heavy atom. The Balaban J connectivity index is 1.41. The zero-order valence-corrected chi connectivity index (χ0v) is 16.6. The van der Waals surface area contributed by atoms with Gasteiger partial charge in [0.1, 0.15) is 29.1 Å². The first kappa shape index (κ1) is 19.6. The van der Waals surface area contributed by atoms with Crippen molar-refractivity contribution in [3.8, 4) is 22.7 Å². The maximum Gasteiger partial charge on any atom is 0.257 e. The highest BCUT2D eigenvalue weighted by molar-refractivity contribution is 6.00. The number of halogens is 1. The molecule has 0 aliphatic rings. The summed E-state index contributed by atoms with van der Waals surface area (Å²) < 4.78 is 23.9. The third kappa shape index (κ3) is 4.15. The minimum absolute atomic E-state index is 0.310. The molecule has 0 saturated heterocycles. The number of carbonyl (C=O) groups excluding carboxylic acids is 1. The van der Waals surface area contributed by atoms with Crippen LogP contribution < -0.4 is 5.32 Å². The molecule has 0 atom stereocenters. The third-order valence-corrected chi connectivity index (χ3v) is 4.72. The van der Waals surface area contributed by atoms with Gasteiger partial charge in [0.2, 0.25) is 5.89 Å². The number of rotatable bonds is 6. The van der Waals surface area contributed by atoms with Gasteiger partial charge in [-0.2, -0.15) is 0 Å². The zero-order valence-electron chi connectivity index (χ0n) is 16.6. The van der Waals surface area contributed by atoms with Gasteiger partial charge in [0.05, 0.1) is 5.69 Å². The van der Waals surface area contributed by atoms with Crippen molar-refractivity contribution >= 4 is 5.91 Å². The smallest absolute Gasteiger partial charge is 0.257 e. The average Bonchev–Trinajstić information content (AvgIpc) is 3.36. The van der Waals surface area contributed by atoms with E-state index in [0.29, 0.717) is 41.4 Å². The Labute approximate surface area is 172 Å². The van der Waals surface area contributed by atoms with Crippen molar-refractivity contribution in [3.05, 3.63) is 83.2 Å². The van der Waals surface area contributed by atoms with Crippen molar-refractivity contribution in [3.63, 3.8) is 0 Å². The highest BCUT2D eigenvalue weighted by Gasteiger charge is 2.21. The molecule has 6 nitrogen and oxygen atoms in total. The molecule has 1 N–H and O–H groups in total. The molecular formula is C23H20FN3O3. The van der Waals surface area contributed by atoms with Crippen LogP contribution in [0.1, 0.15) is 27.4 Å². The monoisotopic (exact) mass is 405 g/mol. The van der Waals surface area contributed by atoms with Gasteiger partial charge in [-0.3, -0.25) is 4.79 Å². The van der Waals surface area contributed by atoms with Gasteiger partial charge in [-0.05, 0) is 50.2 Å². The summed E-state index contributed by atoms with van der Waals surface area (Å²) in [7, 11) is 0. The summed E-state index contributed by atoms with van der Waals surface area (Å²) in [5, 5.41) is 6.82. The lowest BCUT2D eigenvalue weighted by Crippen LogP contribution is -2.26. The van der Waals surface area contributed by atoms with Crippen LogP contribution in [0.5, 0.6) is 0 Å². The van der Waals surface area contributed by atoms with E-state index in [1.54, 1.807) is 25.3 Å². The van der Waals surface area contributed by atoms with E-state index in [9.17, 15) is 9.18 Å². The predicted octanol–water partition coefficient (Wildman–Crippen LogP) is 4.73. The number of nitrogens with zero attached hydrogens (tertiary/aromatic N) is 2. The summed E-state index contributed by atoms with van der Waals surface area (Å²) in [5.41, 5.74) is 4.14. The van der Waals surface area contributed by atoms with E-state index in [0.717, 1.165) is 16.8 Å². The lowest BCUT2D eigenvalue weighted by Gasteiger charge is -2.05. The lowest BCUT2D eigenvalue weighted by molar-refractivity contribution is 0.0953. The number of hydrogen-bond donors (Lipinski definition) is 1. The Morgan fingerprint density at radius 3 is 2.47 bits per heavy atom. The molecule has 0 aliphatic heterocycles. The molecule has 4 rings (SSSR count). The van der Waals surface area contributed by atoms with E-state index in [2.05, 4.69) is 15.5 Å². The summed E-state index contributed by atoms with van der Waals surface area (Å²) in [4.78, 5) is 17.2. The van der Waals surface area contributed by atoms with Crippen molar-refractivity contribution in [2.75, 3.05) is 6.54 Å². The third-order valence-electron chi connectivity index (χ3n) is 4.72. The van der Waals surface area contributed by atoms with E-state index in [4.69, 9.17) is 8.94 Å². The molecule has 0 saturated carbocycles. The number of oxazole rings is 1. The van der Waals surface area contributed by atoms with Gasteiger partial charge in [0.25, 0.3) is 5.91 Å². The first-order chi connectivity index (χ1) is 14.5. The highest BCUT2D eigenvalue weighted by atomic mass is 19.1. The van der Waals surface area contributed by atoms with E-state index in [1.165, 1.54) is 12.1 Å². The number of aryl methyl sites for hydroxylation is 2. The predicted molar refractivity (Wildman–Crippen MR) is 109 cm³/mol. The zero-order chi connectivity index (χ0) is 21.1. The number of aromatic nitrogens is 2. The Bertz CT molecular complexity index is 1160. The van der Waals surface area contributed by atoms with Crippen molar-refractivity contribution in [2.45, 2.75) is 20.3 Å². The van der Waals surface area contributed by atoms with E-state index in [1.807, 2.05) is 31.2 Å². The minimum Gasteiger partial charge on any atom is -0.444 e. The molecular weight excluding hydrogens is 385 g/mol. The molecule has 0 radical (unpaired) electrons. The summed E-state index contributed by atoms with van der Waals surface area (Å²) in [6.07, 6.45) is 2.10. The number of benzene rings is 2. The molecule has 0 bridgehead atoms. The van der Waals surface area contributed by atoms with Crippen molar-refractivity contribution in [1.82, 2.24) is 15.5 Å². The molecule has 7 heteroatoms. The second-order valence-electron chi connectivity index (χ2n) is 6.99. The molecule has 2 heterocycles. The Hall–Kier alpha value is -3.74. The number of hydrogen-bond acceptors (Lipinski definition) is 5. The molecule has 1 amide bonds. The summed E-state index contributed by atoms with van der Waals surface area (Å²) in [5.74, 6) is 0.276. The van der Waals surface area contributed by atoms with Crippen molar-refractivity contribution in [2.24, 2.45) is 0 Å². The van der Waals surface area contributed by atoms with Crippen LogP contribution in [-0.2, 0) is 6.42 Å². The second kappa shape index (κ2) is 8.32. The van der Waals surface area contributed by atoms with Crippen molar-refractivity contribution in [1.29, 1.82) is 0 Å². The minimum atomic E-state index is -0.359. The van der Waals surface area contributed by atoms with Gasteiger partial charge in [-0.1, -0.05) is 22.9 Å². The molecule has 2 aromatic heterocycles. The fraction of sp³-hybridized carbons (Fsp3) is 0.174. The fourth-order valence-electron chi connectivity index (χ4n) is 3.09. The molecule has 30 heavy (non-hydrogen) atoms. The standard InChI is InChI=1S/C23H20FN3O3/c1-14-3-5-17(6-4-14)23-26-19(13-29-23)11-12-25-22(28)20-15(2)30-27-21(20)16-7-9-18(24)10-8-16/h3-10,13H,11-12H2,1-2H3,(H,25,28). The Kier molecular flexibility index (Phi) is 5.43. The maximum atomic E-state index is 13.2. The van der Waals surface area contributed by atoms with Gasteiger partial charge in [0.15, 0.2) is 0 Å². The SMILES string of the molecule is Cc1ccc(-c2nc(CCNC(=O)c3c(-c4ccc(F)cc4)noc3C)co2)cc1. The van der Waals surface area contributed by atoms with Crippen molar-refractivity contribution < 1.29 is 18.1 Å². The van der Waals surface area contributed by atoms with Gasteiger partial charge < -0.3 is 14.3 Å². The van der Waals surface area contributed by atoms with E-state index in [-0.39, 0.29) is 11.7 Å². The molecule has 0 aliphatic carbocycles. The van der Waals surface area contributed by atoms with Crippen LogP contribution in [-0.4, -0.2) is 22.6 Å². The van der Waals surface area contributed by atoms with Crippen LogP contribution in [0.2, 0.25) is 0 Å². The average molecular weight is 405 g/mol. The second-order valence-corrected chi connectivity index (χ2v) is 6.99. The number of carbonyl (C=O) groups is 1. The fourth-order valence-corrected chi connectivity index (χ4v) is 3.09. The van der Waals surface area contributed by atoms with Gasteiger partial charge in [-0.25, -0.2) is 9.37 Å². The van der Waals surface area contributed by atoms with Gasteiger partial charge in [-0.15, -0.1) is 0 Å². The molecule has 2 aromatic carbocycles. The molecule has 0 fully saturated rings. The number of amides is 1. The van der Waals surface area contributed by atoms with Crippen LogP contribution >= 0.6 is 0 Å². The Morgan fingerprint density at radius 2 is 1.73 bits per heavy atom. The summed E-state index contributed by atoms with van der Waals surface area (Å²) in [6, 6.07) is 13.7. The van der Waals surface area contributed by atoms with Gasteiger partial charge >= 0.3 is 0 Å². The van der Waals surface area contributed by atoms with Crippen LogP contribution in [0.4, 0.5) is 4.39 Å². The van der Waals surface area contributed by atoms with E-state index < -0.39 is 0 Å². The molecule has 4 aromatic rings. The molecule has 0 spiro atoms. The summed E-state index contributed by atoms with van der Waals surface area (Å²) in [6.45, 7) is 4.05. The topological polar surface area (TPSA) is 81.2 Å². The van der Waals surface area contributed by atoms with Gasteiger partial charge in [0, 0.05) is 24.1 Å². The van der Waals surface area contributed by atoms with Crippen LogP contribution in [0.3, 0.4) is 0 Å². The van der Waals surface area contributed by atoms with E-state index >= 15 is 0 Å². The summed E-state index contributed by atoms with van der Waals surface area (Å²) >= 11 is 0. The van der Waals surface area contributed by atoms with Crippen LogP contribution in [0.15, 0.2) is 63.7 Å². The van der Waals surface area contributed by atoms with Crippen LogP contribution in [0, 0.1) is 19.7 Å². The highest BCUT2D eigenvalue weighted by Crippen LogP contribution is 2.25. The first-order valence-electron chi connectivity index (χ1n) is 9.53.